The molecule has 0 radical (unpaired) electrons. The van der Waals surface area contributed by atoms with Gasteiger partial charge >= 0.3 is 11.6 Å². The van der Waals surface area contributed by atoms with Crippen LogP contribution in [0.25, 0.3) is 11.0 Å². The molecule has 2 aromatic carbocycles. The number of hydrogen-bond donors (Lipinski definition) is 1. The summed E-state index contributed by atoms with van der Waals surface area (Å²) in [5.41, 5.74) is 0.391. The fourth-order valence-electron chi connectivity index (χ4n) is 3.83. The molecule has 0 aliphatic carbocycles. The number of hydrogen-bond acceptors (Lipinski definition) is 7. The summed E-state index contributed by atoms with van der Waals surface area (Å²) >= 11 is 0. The quantitative estimate of drug-likeness (QED) is 0.359. The highest BCUT2D eigenvalue weighted by Crippen LogP contribution is 2.28. The molecule has 8 heteroatoms. The molecule has 32 heavy (non-hydrogen) atoms. The van der Waals surface area contributed by atoms with E-state index in [1.807, 2.05) is 13.8 Å². The molecular weight excluding hydrogens is 414 g/mol. The minimum atomic E-state index is -1.10. The van der Waals surface area contributed by atoms with E-state index in [-0.39, 0.29) is 41.4 Å². The van der Waals surface area contributed by atoms with E-state index in [0.717, 1.165) is 4.90 Å². The van der Waals surface area contributed by atoms with Crippen molar-refractivity contribution in [2.24, 2.45) is 5.92 Å². The molecular formula is C24H21NO7. The van der Waals surface area contributed by atoms with Gasteiger partial charge in [-0.15, -0.1) is 0 Å². The zero-order chi connectivity index (χ0) is 23.0. The molecule has 8 nitrogen and oxygen atoms in total. The van der Waals surface area contributed by atoms with E-state index < -0.39 is 29.5 Å². The monoisotopic (exact) mass is 435 g/mol. The largest absolute Gasteiger partial charge is 0.508 e. The van der Waals surface area contributed by atoms with Crippen LogP contribution in [-0.4, -0.2) is 33.8 Å². The van der Waals surface area contributed by atoms with Crippen molar-refractivity contribution in [2.75, 3.05) is 0 Å². The molecule has 0 spiro atoms. The number of benzene rings is 2. The number of carbonyl (C=O) groups is 3. The second-order valence-corrected chi connectivity index (χ2v) is 8.05. The topological polar surface area (TPSA) is 114 Å². The van der Waals surface area contributed by atoms with Gasteiger partial charge in [-0.25, -0.2) is 9.59 Å². The molecule has 1 aromatic heterocycles. The Morgan fingerprint density at radius 3 is 2.31 bits per heavy atom. The van der Waals surface area contributed by atoms with E-state index in [1.165, 1.54) is 18.2 Å². The minimum Gasteiger partial charge on any atom is -0.508 e. The Balaban J connectivity index is 1.61. The molecule has 4 rings (SSSR count). The number of fused-ring (bicyclic) bond motifs is 2. The number of esters is 1. The van der Waals surface area contributed by atoms with Gasteiger partial charge in [-0.2, -0.15) is 0 Å². The van der Waals surface area contributed by atoms with Crippen molar-refractivity contribution >= 4 is 28.8 Å². The van der Waals surface area contributed by atoms with Gasteiger partial charge < -0.3 is 14.3 Å². The van der Waals surface area contributed by atoms with E-state index in [1.54, 1.807) is 30.3 Å². The molecule has 1 aliphatic rings. The van der Waals surface area contributed by atoms with Crippen molar-refractivity contribution in [3.05, 3.63) is 75.6 Å². The molecule has 1 atom stereocenters. The molecule has 1 unspecified atom stereocenters. The average molecular weight is 435 g/mol. The number of amides is 2. The number of imide groups is 1. The highest BCUT2D eigenvalue weighted by Gasteiger charge is 2.43. The molecule has 2 heterocycles. The lowest BCUT2D eigenvalue weighted by atomic mass is 10.0. The van der Waals surface area contributed by atoms with Crippen molar-refractivity contribution in [3.63, 3.8) is 0 Å². The summed E-state index contributed by atoms with van der Waals surface area (Å²) in [4.78, 5) is 51.6. The number of phenolic OH excluding ortho intramolecular Hbond substituents is 1. The SMILES string of the molecule is CC(C)CC(C(=O)OCc1cc(=O)oc2cc(O)ccc12)N1C(=O)c2ccccc2C1=O. The first-order chi connectivity index (χ1) is 15.3. The standard InChI is InChI=1S/C24H21NO7/c1-13(2)9-19(25-22(28)17-5-3-4-6-18(17)23(25)29)24(30)31-12-14-10-21(27)32-20-11-15(26)7-8-16(14)20/h3-8,10-11,13,19,26H,9,12H2,1-2H3. The second-order valence-electron chi connectivity index (χ2n) is 8.05. The van der Waals surface area contributed by atoms with Gasteiger partial charge in [-0.3, -0.25) is 14.5 Å². The fourth-order valence-corrected chi connectivity index (χ4v) is 3.83. The lowest BCUT2D eigenvalue weighted by Crippen LogP contribution is -2.46. The summed E-state index contributed by atoms with van der Waals surface area (Å²) in [6.45, 7) is 3.49. The van der Waals surface area contributed by atoms with Crippen molar-refractivity contribution in [1.29, 1.82) is 0 Å². The average Bonchev–Trinajstić information content (AvgIpc) is 3.00. The lowest BCUT2D eigenvalue weighted by molar-refractivity contribution is -0.150. The summed E-state index contributed by atoms with van der Waals surface area (Å²) in [6, 6.07) is 10.8. The molecule has 164 valence electrons. The van der Waals surface area contributed by atoms with Crippen LogP contribution in [0.15, 0.2) is 57.7 Å². The van der Waals surface area contributed by atoms with Crippen LogP contribution in [0.1, 0.15) is 46.5 Å². The molecule has 0 bridgehead atoms. The molecule has 1 N–H and O–H groups in total. The van der Waals surface area contributed by atoms with E-state index in [9.17, 15) is 24.3 Å². The Kier molecular flexibility index (Phi) is 5.52. The zero-order valence-electron chi connectivity index (χ0n) is 17.5. The summed E-state index contributed by atoms with van der Waals surface area (Å²) in [7, 11) is 0. The predicted molar refractivity (Wildman–Crippen MR) is 114 cm³/mol. The number of carbonyl (C=O) groups excluding carboxylic acids is 3. The fraction of sp³-hybridized carbons (Fsp3) is 0.250. The summed E-state index contributed by atoms with van der Waals surface area (Å²) < 4.78 is 10.5. The van der Waals surface area contributed by atoms with E-state index >= 15 is 0 Å². The molecule has 0 saturated heterocycles. The maximum Gasteiger partial charge on any atom is 0.336 e. The second kappa shape index (κ2) is 8.30. The molecule has 2 amide bonds. The highest BCUT2D eigenvalue weighted by molar-refractivity contribution is 6.22. The van der Waals surface area contributed by atoms with E-state index in [0.29, 0.717) is 10.9 Å². The van der Waals surface area contributed by atoms with Crippen LogP contribution in [0, 0.1) is 5.92 Å². The third-order valence-electron chi connectivity index (χ3n) is 5.29. The predicted octanol–water partition coefficient (Wildman–Crippen LogP) is 3.25. The van der Waals surface area contributed by atoms with Gasteiger partial charge in [0.1, 0.15) is 24.0 Å². The normalized spacial score (nSPS) is 14.2. The van der Waals surface area contributed by atoms with E-state index in [4.69, 9.17) is 9.15 Å². The van der Waals surface area contributed by atoms with Crippen molar-refractivity contribution in [3.8, 4) is 5.75 Å². The summed E-state index contributed by atoms with van der Waals surface area (Å²) in [6.07, 6.45) is 0.232. The number of ether oxygens (including phenoxy) is 1. The zero-order valence-corrected chi connectivity index (χ0v) is 17.5. The summed E-state index contributed by atoms with van der Waals surface area (Å²) in [5, 5.41) is 10.1. The van der Waals surface area contributed by atoms with Crippen LogP contribution in [0.3, 0.4) is 0 Å². The molecule has 1 aliphatic heterocycles. The van der Waals surface area contributed by atoms with Crippen LogP contribution in [0.4, 0.5) is 0 Å². The van der Waals surface area contributed by atoms with Crippen LogP contribution >= 0.6 is 0 Å². The van der Waals surface area contributed by atoms with Crippen molar-refractivity contribution < 1.29 is 28.6 Å². The number of nitrogens with zero attached hydrogens (tertiary/aromatic N) is 1. The first-order valence-electron chi connectivity index (χ1n) is 10.2. The first kappa shape index (κ1) is 21.3. The molecule has 0 saturated carbocycles. The van der Waals surface area contributed by atoms with Crippen LogP contribution in [0.2, 0.25) is 0 Å². The third kappa shape index (κ3) is 3.87. The summed E-state index contributed by atoms with van der Waals surface area (Å²) in [5.74, 6) is -1.88. The highest BCUT2D eigenvalue weighted by atomic mass is 16.5. The number of rotatable bonds is 6. The molecule has 3 aromatic rings. The van der Waals surface area contributed by atoms with Gasteiger partial charge in [-0.05, 0) is 36.6 Å². The van der Waals surface area contributed by atoms with Gasteiger partial charge in [-0.1, -0.05) is 26.0 Å². The maximum absolute atomic E-state index is 13.0. The van der Waals surface area contributed by atoms with Crippen molar-refractivity contribution in [1.82, 2.24) is 4.90 Å². The Morgan fingerprint density at radius 1 is 1.03 bits per heavy atom. The van der Waals surface area contributed by atoms with Gasteiger partial charge in [0, 0.05) is 23.1 Å². The van der Waals surface area contributed by atoms with Crippen molar-refractivity contribution in [2.45, 2.75) is 32.9 Å². The van der Waals surface area contributed by atoms with Gasteiger partial charge in [0.25, 0.3) is 11.8 Å². The maximum atomic E-state index is 13.0. The Hall–Kier alpha value is -3.94. The van der Waals surface area contributed by atoms with Gasteiger partial charge in [0.05, 0.1) is 11.1 Å². The Labute approximate surface area is 183 Å². The lowest BCUT2D eigenvalue weighted by Gasteiger charge is -2.26. The minimum absolute atomic E-state index is 0.00411. The first-order valence-corrected chi connectivity index (χ1v) is 10.2. The third-order valence-corrected chi connectivity index (χ3v) is 5.29. The Bertz CT molecular complexity index is 1260. The number of aromatic hydroxyl groups is 1. The van der Waals surface area contributed by atoms with Crippen LogP contribution in [0.5, 0.6) is 5.75 Å². The van der Waals surface area contributed by atoms with Crippen LogP contribution < -0.4 is 5.63 Å². The van der Waals surface area contributed by atoms with Crippen LogP contribution in [-0.2, 0) is 16.1 Å². The van der Waals surface area contributed by atoms with Gasteiger partial charge in [0.15, 0.2) is 0 Å². The number of phenols is 1. The van der Waals surface area contributed by atoms with E-state index in [2.05, 4.69) is 0 Å². The van der Waals surface area contributed by atoms with Gasteiger partial charge in [0.2, 0.25) is 0 Å². The smallest absolute Gasteiger partial charge is 0.336 e. The Morgan fingerprint density at radius 2 is 1.69 bits per heavy atom. The molecule has 0 fully saturated rings.